The molecular formula is C35H68O7S. The van der Waals surface area contributed by atoms with Crippen LogP contribution in [0.25, 0.3) is 0 Å². The maximum atomic E-state index is 13.2. The molecule has 0 bridgehead atoms. The number of aliphatic hydroxyl groups is 1. The van der Waals surface area contributed by atoms with Gasteiger partial charge < -0.3 is 5.11 Å². The van der Waals surface area contributed by atoms with Crippen molar-refractivity contribution in [2.75, 3.05) is 6.61 Å². The van der Waals surface area contributed by atoms with Crippen molar-refractivity contribution in [2.45, 2.75) is 206 Å². The van der Waals surface area contributed by atoms with E-state index in [1.54, 1.807) is 0 Å². The topological polar surface area (TPSA) is 118 Å². The maximum absolute atomic E-state index is 13.2. The third kappa shape index (κ3) is 24.1. The van der Waals surface area contributed by atoms with Crippen LogP contribution in [0.1, 0.15) is 200 Å². The van der Waals surface area contributed by atoms with Gasteiger partial charge in [-0.15, -0.1) is 0 Å². The first kappa shape index (κ1) is 42.2. The third-order valence-electron chi connectivity index (χ3n) is 8.63. The van der Waals surface area contributed by atoms with Gasteiger partial charge in [0.15, 0.2) is 11.6 Å². The van der Waals surface area contributed by atoms with Gasteiger partial charge in [0.25, 0.3) is 0 Å². The molecule has 0 unspecified atom stereocenters. The highest BCUT2D eigenvalue weighted by molar-refractivity contribution is 7.81. The Morgan fingerprint density at radius 1 is 0.512 bits per heavy atom. The Balaban J connectivity index is 4.39. The number of carbonyl (C=O) groups excluding carboxylic acids is 2. The number of ketones is 2. The van der Waals surface area contributed by atoms with E-state index >= 15 is 0 Å². The Bertz CT molecular complexity index is 724. The highest BCUT2D eigenvalue weighted by Gasteiger charge is 2.48. The maximum Gasteiger partial charge on any atom is 0.398 e. The molecule has 7 nitrogen and oxygen atoms in total. The summed E-state index contributed by atoms with van der Waals surface area (Å²) in [4.78, 5) is 26.4. The van der Waals surface area contributed by atoms with Crippen LogP contribution in [0.15, 0.2) is 0 Å². The predicted octanol–water partition coefficient (Wildman–Crippen LogP) is 10.0. The summed E-state index contributed by atoms with van der Waals surface area (Å²) in [6.07, 6.45) is 29.4. The fraction of sp³-hybridized carbons (Fsp3) is 0.943. The molecule has 0 amide bonds. The van der Waals surface area contributed by atoms with Crippen molar-refractivity contribution in [2.24, 2.45) is 0 Å². The molecule has 0 fully saturated rings. The zero-order valence-corrected chi connectivity index (χ0v) is 28.9. The van der Waals surface area contributed by atoms with Gasteiger partial charge >= 0.3 is 10.4 Å². The predicted molar refractivity (Wildman–Crippen MR) is 178 cm³/mol. The van der Waals surface area contributed by atoms with Gasteiger partial charge in [0.1, 0.15) is 0 Å². The van der Waals surface area contributed by atoms with E-state index in [1.165, 1.54) is 116 Å². The SMILES string of the molecule is CCCCCCCCCCCCCCCC(=O)C(CCO)(OS(=O)(=O)O)C(=O)CCCCCCCCCCCCCCC. The molecule has 0 rings (SSSR count). The van der Waals surface area contributed by atoms with Crippen molar-refractivity contribution >= 4 is 22.0 Å². The number of unbranched alkanes of at least 4 members (excludes halogenated alkanes) is 24. The van der Waals surface area contributed by atoms with Crippen LogP contribution in [-0.2, 0) is 24.2 Å². The van der Waals surface area contributed by atoms with E-state index in [1.807, 2.05) is 0 Å². The van der Waals surface area contributed by atoms with Crippen molar-refractivity contribution in [3.05, 3.63) is 0 Å². The molecule has 2 N–H and O–H groups in total. The molecule has 0 spiro atoms. The summed E-state index contributed by atoms with van der Waals surface area (Å²) < 4.78 is 37.5. The summed E-state index contributed by atoms with van der Waals surface area (Å²) in [5, 5.41) is 9.60. The lowest BCUT2D eigenvalue weighted by molar-refractivity contribution is -0.150. The quantitative estimate of drug-likeness (QED) is 0.0412. The number of rotatable bonds is 34. The normalized spacial score (nSPS) is 12.2. The van der Waals surface area contributed by atoms with E-state index in [0.717, 1.165) is 38.5 Å². The van der Waals surface area contributed by atoms with Crippen LogP contribution in [0.2, 0.25) is 0 Å². The second-order valence-electron chi connectivity index (χ2n) is 12.6. The zero-order valence-electron chi connectivity index (χ0n) is 28.1. The molecule has 8 heteroatoms. The highest BCUT2D eigenvalue weighted by Crippen LogP contribution is 2.27. The fourth-order valence-corrected chi connectivity index (χ4v) is 6.55. The van der Waals surface area contributed by atoms with E-state index in [4.69, 9.17) is 4.18 Å². The minimum absolute atomic E-state index is 0.0162. The monoisotopic (exact) mass is 632 g/mol. The zero-order chi connectivity index (χ0) is 32.1. The van der Waals surface area contributed by atoms with Gasteiger partial charge in [-0.05, 0) is 12.8 Å². The third-order valence-corrected chi connectivity index (χ3v) is 9.12. The molecule has 0 radical (unpaired) electrons. The largest absolute Gasteiger partial charge is 0.398 e. The Labute approximate surface area is 265 Å². The lowest BCUT2D eigenvalue weighted by Gasteiger charge is -2.28. The molecule has 0 aromatic rings. The minimum Gasteiger partial charge on any atom is -0.396 e. The molecule has 0 aliphatic rings. The molecule has 0 heterocycles. The average Bonchev–Trinajstić information content (AvgIpc) is 2.96. The molecule has 0 aromatic heterocycles. The van der Waals surface area contributed by atoms with Crippen molar-refractivity contribution in [3.63, 3.8) is 0 Å². The number of hydrogen-bond donors (Lipinski definition) is 2. The van der Waals surface area contributed by atoms with Crippen LogP contribution >= 0.6 is 0 Å². The first-order valence-corrected chi connectivity index (χ1v) is 19.5. The van der Waals surface area contributed by atoms with Crippen LogP contribution in [0, 0.1) is 0 Å². The second-order valence-corrected chi connectivity index (χ2v) is 13.7. The van der Waals surface area contributed by atoms with Crippen LogP contribution in [0.4, 0.5) is 0 Å². The lowest BCUT2D eigenvalue weighted by atomic mass is 9.84. The number of hydrogen-bond acceptors (Lipinski definition) is 6. The van der Waals surface area contributed by atoms with Crippen LogP contribution in [0.5, 0.6) is 0 Å². The van der Waals surface area contributed by atoms with Gasteiger partial charge in [-0.3, -0.25) is 14.1 Å². The van der Waals surface area contributed by atoms with Gasteiger partial charge in [-0.25, -0.2) is 4.18 Å². The molecule has 0 saturated carbocycles. The van der Waals surface area contributed by atoms with E-state index in [2.05, 4.69) is 13.8 Å². The molecule has 0 aliphatic heterocycles. The van der Waals surface area contributed by atoms with Crippen molar-refractivity contribution in [1.82, 2.24) is 0 Å². The van der Waals surface area contributed by atoms with Gasteiger partial charge in [-0.2, -0.15) is 8.42 Å². The van der Waals surface area contributed by atoms with E-state index in [0.29, 0.717) is 12.8 Å². The number of carbonyl (C=O) groups is 2. The fourth-order valence-electron chi connectivity index (χ4n) is 5.92. The van der Waals surface area contributed by atoms with Gasteiger partial charge in [0, 0.05) is 25.9 Å². The highest BCUT2D eigenvalue weighted by atomic mass is 32.3. The summed E-state index contributed by atoms with van der Waals surface area (Å²) in [6.45, 7) is 3.87. The van der Waals surface area contributed by atoms with E-state index in [-0.39, 0.29) is 12.8 Å². The average molecular weight is 633 g/mol. The summed E-state index contributed by atoms with van der Waals surface area (Å²) in [5.41, 5.74) is -2.34. The Hall–Kier alpha value is -0.830. The second kappa shape index (κ2) is 28.6. The molecule has 43 heavy (non-hydrogen) atoms. The standard InChI is InChI=1S/C35H68O7S/c1-3-5-7-9-11-13-15-17-19-21-23-25-27-29-33(37)35(31-32-36,42-43(39,40)41)34(38)30-28-26-24-22-20-18-16-14-12-10-8-6-4-2/h36H,3-32H2,1-2H3,(H,39,40,41). The Morgan fingerprint density at radius 3 is 1.00 bits per heavy atom. The van der Waals surface area contributed by atoms with E-state index in [9.17, 15) is 27.7 Å². The van der Waals surface area contributed by atoms with Crippen molar-refractivity contribution in [1.29, 1.82) is 0 Å². The first-order chi connectivity index (χ1) is 20.7. The number of aliphatic hydroxyl groups excluding tert-OH is 1. The summed E-state index contributed by atoms with van der Waals surface area (Å²) in [7, 11) is -5.06. The molecule has 0 saturated heterocycles. The summed E-state index contributed by atoms with van der Waals surface area (Å²) in [5.74, 6) is -1.33. The van der Waals surface area contributed by atoms with Gasteiger partial charge in [-0.1, -0.05) is 168 Å². The minimum atomic E-state index is -5.06. The molecule has 256 valence electrons. The van der Waals surface area contributed by atoms with Crippen LogP contribution < -0.4 is 0 Å². The molecular weight excluding hydrogens is 564 g/mol. The van der Waals surface area contributed by atoms with Crippen LogP contribution in [-0.4, -0.2) is 41.9 Å². The first-order valence-electron chi connectivity index (χ1n) is 18.1. The summed E-state index contributed by atoms with van der Waals surface area (Å²) >= 11 is 0. The summed E-state index contributed by atoms with van der Waals surface area (Å²) in [6, 6.07) is 0. The van der Waals surface area contributed by atoms with E-state index < -0.39 is 40.6 Å². The van der Waals surface area contributed by atoms with Crippen molar-refractivity contribution in [3.8, 4) is 0 Å². The number of Topliss-reactive ketones (excluding diaryl/α,β-unsaturated/α-hetero) is 2. The molecule has 0 aromatic carbocycles. The molecule has 0 aliphatic carbocycles. The van der Waals surface area contributed by atoms with Crippen LogP contribution in [0.3, 0.4) is 0 Å². The Morgan fingerprint density at radius 2 is 0.767 bits per heavy atom. The van der Waals surface area contributed by atoms with Gasteiger partial charge in [0.05, 0.1) is 0 Å². The van der Waals surface area contributed by atoms with Gasteiger partial charge in [0.2, 0.25) is 5.60 Å². The van der Waals surface area contributed by atoms with Crippen molar-refractivity contribution < 1.29 is 31.8 Å². The Kier molecular flexibility index (Phi) is 28.1. The lowest BCUT2D eigenvalue weighted by Crippen LogP contribution is -2.51. The smallest absolute Gasteiger partial charge is 0.396 e. The molecule has 0 atom stereocenters.